The molecule has 154 valence electrons. The normalized spacial score (nSPS) is 11.0. The van der Waals surface area contributed by atoms with Crippen LogP contribution in [0.25, 0.3) is 21.5 Å². The van der Waals surface area contributed by atoms with Crippen molar-refractivity contribution in [1.29, 1.82) is 0 Å². The van der Waals surface area contributed by atoms with Crippen LogP contribution in [0.15, 0.2) is 84.9 Å². The van der Waals surface area contributed by atoms with Gasteiger partial charge in [0.1, 0.15) is 11.6 Å². The van der Waals surface area contributed by atoms with Crippen LogP contribution < -0.4 is 0 Å². The van der Waals surface area contributed by atoms with Crippen LogP contribution in [0.3, 0.4) is 0 Å². The van der Waals surface area contributed by atoms with Crippen LogP contribution in [0.4, 0.5) is 0 Å². The van der Waals surface area contributed by atoms with Crippen LogP contribution in [-0.2, 0) is 16.0 Å². The van der Waals surface area contributed by atoms with Crippen LogP contribution in [0.2, 0.25) is 0 Å². The molecule has 4 rings (SSSR count). The quantitative estimate of drug-likeness (QED) is 0.248. The molecule has 0 saturated heterocycles. The highest BCUT2D eigenvalue weighted by atomic mass is 16.1. The third-order valence-electron chi connectivity index (χ3n) is 5.63. The Balaban J connectivity index is 1.30. The molecule has 0 aromatic heterocycles. The molecule has 0 aliphatic heterocycles. The minimum atomic E-state index is -0.163. The summed E-state index contributed by atoms with van der Waals surface area (Å²) in [7, 11) is 0. The molecule has 0 N–H and O–H groups in total. The first-order valence-electron chi connectivity index (χ1n) is 10.6. The molecule has 0 saturated carbocycles. The molecule has 0 fully saturated rings. The van der Waals surface area contributed by atoms with Crippen molar-refractivity contribution in [3.05, 3.63) is 96.1 Å². The van der Waals surface area contributed by atoms with Gasteiger partial charge in [0.2, 0.25) is 0 Å². The Morgan fingerprint density at radius 2 is 1.16 bits per heavy atom. The Kier molecular flexibility index (Phi) is 6.32. The second kappa shape index (κ2) is 9.48. The summed E-state index contributed by atoms with van der Waals surface area (Å²) in [5.41, 5.74) is 1.60. The van der Waals surface area contributed by atoms with Crippen molar-refractivity contribution in [3.8, 4) is 0 Å². The molecule has 31 heavy (non-hydrogen) atoms. The van der Waals surface area contributed by atoms with Gasteiger partial charge in [-0.05, 0) is 33.5 Å². The van der Waals surface area contributed by atoms with Crippen LogP contribution in [-0.4, -0.2) is 17.3 Å². The lowest BCUT2D eigenvalue weighted by Crippen LogP contribution is -2.10. The summed E-state index contributed by atoms with van der Waals surface area (Å²) < 4.78 is 0. The summed E-state index contributed by atoms with van der Waals surface area (Å²) >= 11 is 0. The number of benzene rings is 4. The molecule has 0 unspecified atom stereocenters. The van der Waals surface area contributed by atoms with E-state index in [4.69, 9.17) is 0 Å². The molecule has 0 amide bonds. The van der Waals surface area contributed by atoms with E-state index >= 15 is 0 Å². The Morgan fingerprint density at radius 3 is 1.94 bits per heavy atom. The summed E-state index contributed by atoms with van der Waals surface area (Å²) in [6, 6.07) is 27.2. The highest BCUT2D eigenvalue weighted by Gasteiger charge is 2.15. The third kappa shape index (κ3) is 4.95. The Labute approximate surface area is 181 Å². The summed E-state index contributed by atoms with van der Waals surface area (Å²) in [5.74, 6) is -0.163. The number of fused-ring (bicyclic) bond motifs is 2. The standard InChI is InChI=1S/C28H24O3/c29-23(18-22-12-5-10-20-8-1-3-15-25(20)22)13-7-14-24(30)19-28(31)27-17-6-11-21-9-2-4-16-26(21)27/h1-6,8-12,15-17H,7,13-14,18-19H2. The van der Waals surface area contributed by atoms with E-state index in [9.17, 15) is 14.4 Å². The molecule has 4 aromatic carbocycles. The summed E-state index contributed by atoms with van der Waals surface area (Å²) in [6.07, 6.45) is 1.32. The molecule has 0 spiro atoms. The van der Waals surface area contributed by atoms with E-state index in [1.807, 2.05) is 78.9 Å². The van der Waals surface area contributed by atoms with E-state index in [2.05, 4.69) is 0 Å². The van der Waals surface area contributed by atoms with Crippen LogP contribution in [0, 0.1) is 0 Å². The lowest BCUT2D eigenvalue weighted by atomic mass is 9.96. The van der Waals surface area contributed by atoms with E-state index in [-0.39, 0.29) is 30.2 Å². The van der Waals surface area contributed by atoms with Crippen molar-refractivity contribution >= 4 is 38.9 Å². The monoisotopic (exact) mass is 408 g/mol. The largest absolute Gasteiger partial charge is 0.299 e. The van der Waals surface area contributed by atoms with Crippen molar-refractivity contribution in [2.24, 2.45) is 0 Å². The van der Waals surface area contributed by atoms with E-state index in [1.165, 1.54) is 0 Å². The summed E-state index contributed by atoms with van der Waals surface area (Å²) in [6.45, 7) is 0. The maximum atomic E-state index is 12.6. The van der Waals surface area contributed by atoms with Gasteiger partial charge in [0.05, 0.1) is 6.42 Å². The first kappa shape index (κ1) is 20.7. The van der Waals surface area contributed by atoms with Gasteiger partial charge in [0.15, 0.2) is 5.78 Å². The maximum absolute atomic E-state index is 12.6. The number of rotatable bonds is 9. The number of hydrogen-bond acceptors (Lipinski definition) is 3. The highest BCUT2D eigenvalue weighted by molar-refractivity contribution is 6.14. The number of carbonyl (C=O) groups is 3. The third-order valence-corrected chi connectivity index (χ3v) is 5.63. The molecule has 0 aliphatic carbocycles. The minimum Gasteiger partial charge on any atom is -0.299 e. The van der Waals surface area contributed by atoms with E-state index in [0.29, 0.717) is 24.8 Å². The highest BCUT2D eigenvalue weighted by Crippen LogP contribution is 2.21. The first-order chi connectivity index (χ1) is 15.1. The Morgan fingerprint density at radius 1 is 0.581 bits per heavy atom. The van der Waals surface area contributed by atoms with Gasteiger partial charge in [-0.15, -0.1) is 0 Å². The van der Waals surface area contributed by atoms with Gasteiger partial charge in [-0.25, -0.2) is 0 Å². The van der Waals surface area contributed by atoms with Crippen molar-refractivity contribution in [2.45, 2.75) is 32.1 Å². The predicted molar refractivity (Wildman–Crippen MR) is 124 cm³/mol. The van der Waals surface area contributed by atoms with Gasteiger partial charge in [-0.3, -0.25) is 14.4 Å². The zero-order valence-electron chi connectivity index (χ0n) is 17.3. The lowest BCUT2D eigenvalue weighted by molar-refractivity contribution is -0.119. The van der Waals surface area contributed by atoms with Gasteiger partial charge in [-0.1, -0.05) is 84.9 Å². The minimum absolute atomic E-state index is 0.115. The number of ketones is 3. The predicted octanol–water partition coefficient (Wildman–Crippen LogP) is 6.12. The second-order valence-electron chi connectivity index (χ2n) is 7.87. The molecule has 3 heteroatoms. The number of carbonyl (C=O) groups excluding carboxylic acids is 3. The molecule has 0 bridgehead atoms. The second-order valence-corrected chi connectivity index (χ2v) is 7.87. The molecular formula is C28H24O3. The van der Waals surface area contributed by atoms with Crippen molar-refractivity contribution in [2.75, 3.05) is 0 Å². The lowest BCUT2D eigenvalue weighted by Gasteiger charge is -2.07. The molecule has 3 nitrogen and oxygen atoms in total. The van der Waals surface area contributed by atoms with Gasteiger partial charge in [0.25, 0.3) is 0 Å². The zero-order valence-corrected chi connectivity index (χ0v) is 17.3. The van der Waals surface area contributed by atoms with Crippen LogP contribution >= 0.6 is 0 Å². The van der Waals surface area contributed by atoms with Gasteiger partial charge < -0.3 is 0 Å². The fourth-order valence-corrected chi connectivity index (χ4v) is 4.06. The number of hydrogen-bond donors (Lipinski definition) is 0. The van der Waals surface area contributed by atoms with E-state index < -0.39 is 0 Å². The van der Waals surface area contributed by atoms with Crippen molar-refractivity contribution < 1.29 is 14.4 Å². The van der Waals surface area contributed by atoms with E-state index in [1.54, 1.807) is 6.07 Å². The summed E-state index contributed by atoms with van der Waals surface area (Å²) in [4.78, 5) is 37.4. The smallest absolute Gasteiger partial charge is 0.170 e. The molecule has 4 aromatic rings. The van der Waals surface area contributed by atoms with Crippen LogP contribution in [0.5, 0.6) is 0 Å². The fraction of sp³-hybridized carbons (Fsp3) is 0.179. The number of Topliss-reactive ketones (excluding diaryl/α,β-unsaturated/α-hetero) is 3. The van der Waals surface area contributed by atoms with Crippen LogP contribution in [0.1, 0.15) is 41.6 Å². The summed E-state index contributed by atoms with van der Waals surface area (Å²) in [5, 5.41) is 4.07. The average Bonchev–Trinajstić information content (AvgIpc) is 2.79. The van der Waals surface area contributed by atoms with Gasteiger partial charge in [0, 0.05) is 24.8 Å². The molecule has 0 heterocycles. The van der Waals surface area contributed by atoms with E-state index in [0.717, 1.165) is 27.1 Å². The zero-order chi connectivity index (χ0) is 21.6. The molecule has 0 radical (unpaired) electrons. The Bertz CT molecular complexity index is 1260. The molecule has 0 atom stereocenters. The van der Waals surface area contributed by atoms with Crippen molar-refractivity contribution in [1.82, 2.24) is 0 Å². The average molecular weight is 408 g/mol. The molecular weight excluding hydrogens is 384 g/mol. The maximum Gasteiger partial charge on any atom is 0.170 e. The Hall–Kier alpha value is -3.59. The SMILES string of the molecule is O=C(CCCC(=O)Cc1cccc2ccccc12)CC(=O)c1cccc2ccccc12. The van der Waals surface area contributed by atoms with Gasteiger partial charge in [-0.2, -0.15) is 0 Å². The molecule has 0 aliphatic rings. The van der Waals surface area contributed by atoms with Crippen molar-refractivity contribution in [3.63, 3.8) is 0 Å². The fourth-order valence-electron chi connectivity index (χ4n) is 4.06. The topological polar surface area (TPSA) is 51.2 Å². The first-order valence-corrected chi connectivity index (χ1v) is 10.6. The van der Waals surface area contributed by atoms with Gasteiger partial charge >= 0.3 is 0 Å².